The van der Waals surface area contributed by atoms with Crippen LogP contribution in [0.2, 0.25) is 5.02 Å². The molecule has 0 unspecified atom stereocenters. The van der Waals surface area contributed by atoms with Gasteiger partial charge in [0, 0.05) is 28.7 Å². The van der Waals surface area contributed by atoms with E-state index in [-0.39, 0.29) is 11.0 Å². The molecule has 2 aromatic carbocycles. The molecule has 4 aromatic rings. The van der Waals surface area contributed by atoms with Crippen LogP contribution < -0.4 is 10.6 Å². The Balaban J connectivity index is 1.47. The van der Waals surface area contributed by atoms with E-state index in [1.807, 2.05) is 12.1 Å². The Hall–Kier alpha value is -3.29. The molecule has 2 aromatic heterocycles. The summed E-state index contributed by atoms with van der Waals surface area (Å²) in [6.07, 6.45) is 3.37. The van der Waals surface area contributed by atoms with E-state index in [1.54, 1.807) is 54.9 Å². The zero-order chi connectivity index (χ0) is 19.5. The van der Waals surface area contributed by atoms with Crippen LogP contribution in [0, 0.1) is 0 Å². The minimum absolute atomic E-state index is 0.176. The van der Waals surface area contributed by atoms with Gasteiger partial charge in [-0.05, 0) is 66.8 Å². The molecule has 28 heavy (non-hydrogen) atoms. The average Bonchev–Trinajstić information content (AvgIpc) is 3.12. The highest BCUT2D eigenvalue weighted by Gasteiger charge is 2.11. The van der Waals surface area contributed by atoms with Gasteiger partial charge in [-0.25, -0.2) is 4.98 Å². The van der Waals surface area contributed by atoms with Crippen molar-refractivity contribution < 1.29 is 9.21 Å². The van der Waals surface area contributed by atoms with Crippen molar-refractivity contribution in [2.45, 2.75) is 0 Å². The molecular weight excluding hydrogens is 396 g/mol. The van der Waals surface area contributed by atoms with Gasteiger partial charge in [-0.15, -0.1) is 0 Å². The number of pyridine rings is 1. The molecular formula is C20H13ClN4O2S. The summed E-state index contributed by atoms with van der Waals surface area (Å²) in [6.45, 7) is 0. The van der Waals surface area contributed by atoms with Crippen molar-refractivity contribution in [3.8, 4) is 11.5 Å². The van der Waals surface area contributed by atoms with Gasteiger partial charge in [-0.2, -0.15) is 0 Å². The van der Waals surface area contributed by atoms with E-state index in [1.165, 1.54) is 0 Å². The summed E-state index contributed by atoms with van der Waals surface area (Å²) in [5.41, 5.74) is 3.23. The number of thiocarbonyl (C=S) groups is 1. The second-order valence-electron chi connectivity index (χ2n) is 5.86. The van der Waals surface area contributed by atoms with Gasteiger partial charge in [-0.3, -0.25) is 15.1 Å². The molecule has 138 valence electrons. The molecule has 0 aliphatic rings. The number of fused-ring (bicyclic) bond motifs is 1. The van der Waals surface area contributed by atoms with Gasteiger partial charge < -0.3 is 9.73 Å². The number of hydrogen-bond donors (Lipinski definition) is 2. The monoisotopic (exact) mass is 408 g/mol. The summed E-state index contributed by atoms with van der Waals surface area (Å²) in [6, 6.07) is 15.6. The van der Waals surface area contributed by atoms with Crippen molar-refractivity contribution in [2.24, 2.45) is 0 Å². The number of oxazole rings is 1. The van der Waals surface area contributed by atoms with Crippen LogP contribution in [0.1, 0.15) is 10.4 Å². The third kappa shape index (κ3) is 4.00. The quantitative estimate of drug-likeness (QED) is 0.479. The van der Waals surface area contributed by atoms with Gasteiger partial charge >= 0.3 is 0 Å². The molecule has 6 nitrogen and oxygen atoms in total. The summed E-state index contributed by atoms with van der Waals surface area (Å²) >= 11 is 11.1. The molecule has 0 bridgehead atoms. The fraction of sp³-hybridized carbons (Fsp3) is 0. The van der Waals surface area contributed by atoms with E-state index in [9.17, 15) is 4.79 Å². The highest BCUT2D eigenvalue weighted by Crippen LogP contribution is 2.25. The molecule has 0 fully saturated rings. The third-order valence-electron chi connectivity index (χ3n) is 3.89. The van der Waals surface area contributed by atoms with E-state index in [2.05, 4.69) is 20.6 Å². The first kappa shape index (κ1) is 18.1. The molecule has 2 N–H and O–H groups in total. The van der Waals surface area contributed by atoms with Crippen LogP contribution >= 0.6 is 23.8 Å². The van der Waals surface area contributed by atoms with E-state index >= 15 is 0 Å². The minimum Gasteiger partial charge on any atom is -0.436 e. The summed E-state index contributed by atoms with van der Waals surface area (Å²) in [5.74, 6) is 0.161. The maximum Gasteiger partial charge on any atom is 0.257 e. The fourth-order valence-corrected chi connectivity index (χ4v) is 2.89. The number of nitrogens with zero attached hydrogens (tertiary/aromatic N) is 2. The maximum atomic E-state index is 12.2. The van der Waals surface area contributed by atoms with Gasteiger partial charge in [0.2, 0.25) is 5.89 Å². The lowest BCUT2D eigenvalue weighted by Crippen LogP contribution is -2.34. The van der Waals surface area contributed by atoms with E-state index in [0.717, 1.165) is 5.56 Å². The number of nitrogens with one attached hydrogen (secondary N) is 2. The van der Waals surface area contributed by atoms with Crippen LogP contribution in [-0.2, 0) is 0 Å². The molecule has 0 radical (unpaired) electrons. The first-order valence-corrected chi connectivity index (χ1v) is 9.06. The van der Waals surface area contributed by atoms with Crippen LogP contribution in [0.15, 0.2) is 71.4 Å². The number of hydrogen-bond acceptors (Lipinski definition) is 5. The van der Waals surface area contributed by atoms with E-state index in [4.69, 9.17) is 28.2 Å². The largest absolute Gasteiger partial charge is 0.436 e. The molecule has 0 aliphatic heterocycles. The number of halogens is 1. The zero-order valence-corrected chi connectivity index (χ0v) is 15.9. The van der Waals surface area contributed by atoms with Crippen molar-refractivity contribution in [1.29, 1.82) is 0 Å². The summed E-state index contributed by atoms with van der Waals surface area (Å²) in [4.78, 5) is 20.8. The summed E-state index contributed by atoms with van der Waals surface area (Å²) < 4.78 is 5.75. The first-order valence-electron chi connectivity index (χ1n) is 8.27. The van der Waals surface area contributed by atoms with Crippen LogP contribution in [-0.4, -0.2) is 21.0 Å². The van der Waals surface area contributed by atoms with Gasteiger partial charge in [0.25, 0.3) is 5.91 Å². The summed E-state index contributed by atoms with van der Waals surface area (Å²) in [7, 11) is 0. The normalized spacial score (nSPS) is 10.6. The Bertz CT molecular complexity index is 1160. The number of amides is 1. The zero-order valence-electron chi connectivity index (χ0n) is 14.3. The minimum atomic E-state index is -0.324. The van der Waals surface area contributed by atoms with Gasteiger partial charge in [0.05, 0.1) is 5.56 Å². The Kier molecular flexibility index (Phi) is 5.01. The van der Waals surface area contributed by atoms with Gasteiger partial charge in [-0.1, -0.05) is 11.6 Å². The second kappa shape index (κ2) is 7.75. The number of benzene rings is 2. The summed E-state index contributed by atoms with van der Waals surface area (Å²) in [5, 5.41) is 6.34. The molecule has 0 aliphatic carbocycles. The van der Waals surface area contributed by atoms with Gasteiger partial charge in [0.15, 0.2) is 10.7 Å². The molecule has 1 amide bonds. The van der Waals surface area contributed by atoms with Crippen molar-refractivity contribution in [2.75, 3.05) is 5.32 Å². The number of carbonyl (C=O) groups is 1. The van der Waals surface area contributed by atoms with Crippen molar-refractivity contribution in [3.63, 3.8) is 0 Å². The maximum absolute atomic E-state index is 12.2. The predicted octanol–water partition coefficient (Wildman–Crippen LogP) is 4.67. The Morgan fingerprint density at radius 1 is 1.11 bits per heavy atom. The molecule has 0 atom stereocenters. The van der Waals surface area contributed by atoms with Crippen molar-refractivity contribution in [1.82, 2.24) is 15.3 Å². The van der Waals surface area contributed by atoms with Crippen LogP contribution in [0.3, 0.4) is 0 Å². The highest BCUT2D eigenvalue weighted by atomic mass is 35.5. The smallest absolute Gasteiger partial charge is 0.257 e. The lowest BCUT2D eigenvalue weighted by molar-refractivity contribution is 0.0977. The molecule has 0 saturated carbocycles. The second-order valence-corrected chi connectivity index (χ2v) is 6.70. The number of carbonyl (C=O) groups excluding carboxylic acids is 1. The molecule has 4 rings (SSSR count). The van der Waals surface area contributed by atoms with Crippen molar-refractivity contribution in [3.05, 3.63) is 77.6 Å². The average molecular weight is 409 g/mol. The van der Waals surface area contributed by atoms with Crippen LogP contribution in [0.25, 0.3) is 22.6 Å². The molecule has 8 heteroatoms. The van der Waals surface area contributed by atoms with Gasteiger partial charge in [0.1, 0.15) is 5.52 Å². The van der Waals surface area contributed by atoms with Crippen LogP contribution in [0.5, 0.6) is 0 Å². The fourth-order valence-electron chi connectivity index (χ4n) is 2.56. The van der Waals surface area contributed by atoms with E-state index < -0.39 is 0 Å². The Labute approximate surface area is 170 Å². The lowest BCUT2D eigenvalue weighted by Gasteiger charge is -2.09. The SMILES string of the molecule is O=C(NC(=S)Nc1ccc2oc(-c3cccnc3)nc2c1)c1ccc(Cl)cc1. The topological polar surface area (TPSA) is 80.0 Å². The van der Waals surface area contributed by atoms with Crippen molar-refractivity contribution >= 4 is 51.6 Å². The lowest BCUT2D eigenvalue weighted by atomic mass is 10.2. The molecule has 0 saturated heterocycles. The Morgan fingerprint density at radius 3 is 2.68 bits per heavy atom. The number of anilines is 1. The van der Waals surface area contributed by atoms with Crippen LogP contribution in [0.4, 0.5) is 5.69 Å². The standard InChI is InChI=1S/C20H13ClN4O2S/c21-14-5-3-12(4-6-14)18(26)25-20(28)23-15-7-8-17-16(10-15)24-19(27-17)13-2-1-9-22-11-13/h1-11H,(H2,23,25,26,28). The molecule has 2 heterocycles. The highest BCUT2D eigenvalue weighted by molar-refractivity contribution is 7.80. The predicted molar refractivity (Wildman–Crippen MR) is 112 cm³/mol. The number of aromatic nitrogens is 2. The van der Waals surface area contributed by atoms with E-state index in [0.29, 0.717) is 33.3 Å². The Morgan fingerprint density at radius 2 is 1.93 bits per heavy atom. The number of rotatable bonds is 3. The third-order valence-corrected chi connectivity index (χ3v) is 4.34. The molecule has 0 spiro atoms. The first-order chi connectivity index (χ1) is 13.6.